The molecular weight excluding hydrogens is 421 g/mol. The van der Waals surface area contributed by atoms with Crippen LogP contribution in [0.2, 0.25) is 0 Å². The Balaban J connectivity index is 1.56. The van der Waals surface area contributed by atoms with Crippen LogP contribution in [0.1, 0.15) is 18.2 Å². The maximum atomic E-state index is 13.2. The van der Waals surface area contributed by atoms with E-state index in [0.717, 1.165) is 17.7 Å². The lowest BCUT2D eigenvalue weighted by Gasteiger charge is -2.14. The molecule has 1 amide bonds. The Bertz CT molecular complexity index is 1120. The second-order valence-corrected chi connectivity index (χ2v) is 9.41. The minimum absolute atomic E-state index is 0.0559. The number of aromatic nitrogens is 2. The number of halogens is 1. The topological polar surface area (TPSA) is 64.0 Å². The van der Waals surface area contributed by atoms with Gasteiger partial charge in [0.05, 0.1) is 22.9 Å². The standard InChI is InChI=1S/C22H20FN3O2S2/c1-14-11-18-20(30-14)21(28)26(12-15-5-3-2-4-6-15)22(25-18)29-13-19(27)24-17-9-7-16(23)8-10-17/h2-10,14H,11-13H2,1H3,(H,24,27)/t14-/m0/s1. The Morgan fingerprint density at radius 3 is 2.70 bits per heavy atom. The van der Waals surface area contributed by atoms with Crippen molar-refractivity contribution in [1.82, 2.24) is 9.55 Å². The van der Waals surface area contributed by atoms with E-state index < -0.39 is 0 Å². The summed E-state index contributed by atoms with van der Waals surface area (Å²) in [7, 11) is 0. The second kappa shape index (κ2) is 9.06. The van der Waals surface area contributed by atoms with Crippen molar-refractivity contribution >= 4 is 35.1 Å². The number of carbonyl (C=O) groups excluding carboxylic acids is 1. The number of hydrogen-bond acceptors (Lipinski definition) is 5. The molecule has 1 aliphatic rings. The van der Waals surface area contributed by atoms with Gasteiger partial charge in [-0.25, -0.2) is 9.37 Å². The van der Waals surface area contributed by atoms with Crippen molar-refractivity contribution in [2.45, 2.75) is 35.2 Å². The van der Waals surface area contributed by atoms with Crippen LogP contribution in [0.15, 0.2) is 69.4 Å². The fourth-order valence-corrected chi connectivity index (χ4v) is 5.14. The van der Waals surface area contributed by atoms with Gasteiger partial charge in [0, 0.05) is 17.4 Å². The number of hydrogen-bond donors (Lipinski definition) is 1. The van der Waals surface area contributed by atoms with E-state index in [9.17, 15) is 14.0 Å². The van der Waals surface area contributed by atoms with Crippen LogP contribution < -0.4 is 10.9 Å². The number of benzene rings is 2. The molecule has 3 aromatic rings. The van der Waals surface area contributed by atoms with Crippen molar-refractivity contribution in [2.75, 3.05) is 11.1 Å². The molecule has 8 heteroatoms. The Kier molecular flexibility index (Phi) is 6.24. The number of carbonyl (C=O) groups is 1. The van der Waals surface area contributed by atoms with Gasteiger partial charge in [-0.1, -0.05) is 49.0 Å². The van der Waals surface area contributed by atoms with E-state index in [1.54, 1.807) is 16.3 Å². The van der Waals surface area contributed by atoms with Gasteiger partial charge in [-0.15, -0.1) is 11.8 Å². The number of nitrogens with zero attached hydrogens (tertiary/aromatic N) is 2. The van der Waals surface area contributed by atoms with Crippen LogP contribution in [-0.2, 0) is 17.8 Å². The molecular formula is C22H20FN3O2S2. The van der Waals surface area contributed by atoms with Gasteiger partial charge in [-0.05, 0) is 29.8 Å². The predicted octanol–water partition coefficient (Wildman–Crippen LogP) is 4.20. The molecule has 4 rings (SSSR count). The van der Waals surface area contributed by atoms with Crippen LogP contribution in [0.4, 0.5) is 10.1 Å². The smallest absolute Gasteiger partial charge is 0.268 e. The molecule has 30 heavy (non-hydrogen) atoms. The van der Waals surface area contributed by atoms with Gasteiger partial charge in [0.1, 0.15) is 5.82 Å². The molecule has 0 radical (unpaired) electrons. The lowest BCUT2D eigenvalue weighted by molar-refractivity contribution is -0.113. The summed E-state index contributed by atoms with van der Waals surface area (Å²) in [4.78, 5) is 31.0. The first-order chi connectivity index (χ1) is 14.5. The molecule has 5 nitrogen and oxygen atoms in total. The Hall–Kier alpha value is -2.58. The van der Waals surface area contributed by atoms with Crippen molar-refractivity contribution in [3.63, 3.8) is 0 Å². The molecule has 0 bridgehead atoms. The fourth-order valence-electron chi connectivity index (χ4n) is 3.21. The first kappa shape index (κ1) is 20.7. The van der Waals surface area contributed by atoms with Gasteiger partial charge in [-0.2, -0.15) is 0 Å². The van der Waals surface area contributed by atoms with E-state index in [4.69, 9.17) is 4.98 Å². The van der Waals surface area contributed by atoms with Crippen LogP contribution in [0.25, 0.3) is 0 Å². The number of rotatable bonds is 6. The molecule has 1 aromatic heterocycles. The lowest BCUT2D eigenvalue weighted by atomic mass is 10.2. The molecule has 0 aliphatic carbocycles. The summed E-state index contributed by atoms with van der Waals surface area (Å²) >= 11 is 2.80. The highest BCUT2D eigenvalue weighted by Gasteiger charge is 2.26. The summed E-state index contributed by atoms with van der Waals surface area (Å²) < 4.78 is 14.7. The van der Waals surface area contributed by atoms with E-state index in [1.807, 2.05) is 30.3 Å². The fraction of sp³-hybridized carbons (Fsp3) is 0.227. The molecule has 0 unspecified atom stereocenters. The number of anilines is 1. The minimum atomic E-state index is -0.359. The zero-order chi connectivity index (χ0) is 21.1. The van der Waals surface area contributed by atoms with Gasteiger partial charge < -0.3 is 5.32 Å². The number of thioether (sulfide) groups is 2. The molecule has 2 aromatic carbocycles. The molecule has 154 valence electrons. The minimum Gasteiger partial charge on any atom is -0.325 e. The monoisotopic (exact) mass is 441 g/mol. The van der Waals surface area contributed by atoms with Crippen LogP contribution in [-0.4, -0.2) is 26.5 Å². The third-order valence-corrected chi connectivity index (χ3v) is 6.80. The van der Waals surface area contributed by atoms with Gasteiger partial charge in [-0.3, -0.25) is 14.2 Å². The summed E-state index contributed by atoms with van der Waals surface area (Å²) in [6.07, 6.45) is 0.747. The van der Waals surface area contributed by atoms with E-state index in [1.165, 1.54) is 36.0 Å². The lowest BCUT2D eigenvalue weighted by Crippen LogP contribution is -2.26. The van der Waals surface area contributed by atoms with E-state index in [-0.39, 0.29) is 23.0 Å². The van der Waals surface area contributed by atoms with Gasteiger partial charge in [0.2, 0.25) is 5.91 Å². The van der Waals surface area contributed by atoms with Crippen LogP contribution in [0, 0.1) is 5.82 Å². The van der Waals surface area contributed by atoms with Gasteiger partial charge in [0.15, 0.2) is 5.16 Å². The Labute approximate surface area is 182 Å². The molecule has 0 fully saturated rings. The van der Waals surface area contributed by atoms with E-state index >= 15 is 0 Å². The third-order valence-electron chi connectivity index (χ3n) is 4.61. The highest BCUT2D eigenvalue weighted by molar-refractivity contribution is 8.00. The molecule has 2 heterocycles. The molecule has 1 aliphatic heterocycles. The molecule has 1 N–H and O–H groups in total. The van der Waals surface area contributed by atoms with E-state index in [2.05, 4.69) is 12.2 Å². The summed E-state index contributed by atoms with van der Waals surface area (Å²) in [5.41, 5.74) is 2.27. The summed E-state index contributed by atoms with van der Waals surface area (Å²) in [6, 6.07) is 15.3. The normalized spacial score (nSPS) is 15.1. The molecule has 0 saturated heterocycles. The van der Waals surface area contributed by atoms with Gasteiger partial charge >= 0.3 is 0 Å². The SMILES string of the molecule is C[C@H]1Cc2nc(SCC(=O)Nc3ccc(F)cc3)n(Cc3ccccc3)c(=O)c2S1. The first-order valence-corrected chi connectivity index (χ1v) is 11.4. The highest BCUT2D eigenvalue weighted by Crippen LogP contribution is 2.34. The number of nitrogens with one attached hydrogen (secondary N) is 1. The van der Waals surface area contributed by atoms with Gasteiger partial charge in [0.25, 0.3) is 5.56 Å². The summed E-state index contributed by atoms with van der Waals surface area (Å²) in [5.74, 6) is -0.503. The number of fused-ring (bicyclic) bond motifs is 1. The predicted molar refractivity (Wildman–Crippen MR) is 119 cm³/mol. The van der Waals surface area contributed by atoms with Crippen LogP contribution in [0.5, 0.6) is 0 Å². The zero-order valence-electron chi connectivity index (χ0n) is 16.3. The largest absolute Gasteiger partial charge is 0.325 e. The van der Waals surface area contributed by atoms with E-state index in [0.29, 0.717) is 27.5 Å². The Morgan fingerprint density at radius 2 is 1.97 bits per heavy atom. The number of amides is 1. The van der Waals surface area contributed by atoms with Crippen LogP contribution >= 0.6 is 23.5 Å². The first-order valence-electron chi connectivity index (χ1n) is 9.52. The molecule has 0 saturated carbocycles. The van der Waals surface area contributed by atoms with Crippen LogP contribution in [0.3, 0.4) is 0 Å². The van der Waals surface area contributed by atoms with Crippen molar-refractivity contribution in [3.05, 3.63) is 82.0 Å². The van der Waals surface area contributed by atoms with Crippen molar-refractivity contribution in [3.8, 4) is 0 Å². The van der Waals surface area contributed by atoms with Crippen molar-refractivity contribution in [1.29, 1.82) is 0 Å². The third kappa shape index (κ3) is 4.76. The quantitative estimate of drug-likeness (QED) is 0.459. The zero-order valence-corrected chi connectivity index (χ0v) is 17.9. The molecule has 1 atom stereocenters. The molecule has 0 spiro atoms. The maximum Gasteiger partial charge on any atom is 0.268 e. The highest BCUT2D eigenvalue weighted by atomic mass is 32.2. The summed E-state index contributed by atoms with van der Waals surface area (Å²) in [5, 5.41) is 3.58. The van der Waals surface area contributed by atoms with Crippen molar-refractivity contribution < 1.29 is 9.18 Å². The maximum absolute atomic E-state index is 13.2. The Morgan fingerprint density at radius 1 is 1.23 bits per heavy atom. The van der Waals surface area contributed by atoms with Crippen molar-refractivity contribution in [2.24, 2.45) is 0 Å². The average Bonchev–Trinajstić information content (AvgIpc) is 3.12. The summed E-state index contributed by atoms with van der Waals surface area (Å²) in [6.45, 7) is 2.48. The second-order valence-electron chi connectivity index (χ2n) is 7.02. The average molecular weight is 442 g/mol.